The van der Waals surface area contributed by atoms with Gasteiger partial charge in [-0.05, 0) is 66.2 Å². The average Bonchev–Trinajstić information content (AvgIpc) is 3.73. The molecule has 0 spiro atoms. The number of hydrogen-bond acceptors (Lipinski definition) is 4. The summed E-state index contributed by atoms with van der Waals surface area (Å²) in [7, 11) is 1.66. The molecule has 6 aromatic carbocycles. The highest BCUT2D eigenvalue weighted by Crippen LogP contribution is 2.42. The summed E-state index contributed by atoms with van der Waals surface area (Å²) in [5.41, 5.74) is 8.57. The number of benzene rings is 6. The quantitative estimate of drug-likeness (QED) is 0.218. The molecule has 5 heteroatoms. The van der Waals surface area contributed by atoms with Crippen molar-refractivity contribution in [2.45, 2.75) is 0 Å². The number of hydrogen-bond donors (Lipinski definition) is 0. The number of para-hydroxylation sites is 3. The summed E-state index contributed by atoms with van der Waals surface area (Å²) in [5.74, 6) is 0.781. The van der Waals surface area contributed by atoms with E-state index in [0.29, 0.717) is 11.1 Å². The van der Waals surface area contributed by atoms with Gasteiger partial charge in [0.1, 0.15) is 23.0 Å². The Morgan fingerprint density at radius 3 is 1.88 bits per heavy atom. The van der Waals surface area contributed by atoms with Gasteiger partial charge in [-0.1, -0.05) is 54.6 Å². The van der Waals surface area contributed by atoms with Gasteiger partial charge >= 0.3 is 0 Å². The maximum absolute atomic E-state index is 10.3. The lowest BCUT2D eigenvalue weighted by atomic mass is 9.98. The summed E-state index contributed by atoms with van der Waals surface area (Å²) in [5, 5.41) is 16.6. The van der Waals surface area contributed by atoms with Crippen LogP contribution in [0.25, 0.3) is 82.5 Å². The molecule has 3 heterocycles. The first-order chi connectivity index (χ1) is 21.2. The van der Waals surface area contributed by atoms with E-state index in [-0.39, 0.29) is 0 Å². The number of methoxy groups -OCH3 is 1. The standard InChI is InChI=1S/C38H22N2O3/c1-41-24-14-18-35-31(20-24)29-16-15-28-30-19-22(13-17-34(30)42-37(28)38(29)43-35)25-10-6-7-23(21-39)36(25)40-32-11-4-2-8-26(32)27-9-3-5-12-33(27)40/h2-20H,1H3. The van der Waals surface area contributed by atoms with E-state index in [1.165, 1.54) is 0 Å². The number of fused-ring (bicyclic) bond motifs is 10. The van der Waals surface area contributed by atoms with Crippen molar-refractivity contribution in [1.29, 1.82) is 5.26 Å². The minimum atomic E-state index is 0.612. The van der Waals surface area contributed by atoms with Crippen molar-refractivity contribution < 1.29 is 13.6 Å². The summed E-state index contributed by atoms with van der Waals surface area (Å²) < 4.78 is 20.4. The Bertz CT molecular complexity index is 2570. The topological polar surface area (TPSA) is 64.2 Å². The van der Waals surface area contributed by atoms with Crippen molar-refractivity contribution in [2.75, 3.05) is 7.11 Å². The molecule has 0 aliphatic rings. The monoisotopic (exact) mass is 554 g/mol. The fourth-order valence-electron chi connectivity index (χ4n) is 6.61. The lowest BCUT2D eigenvalue weighted by Crippen LogP contribution is -2.00. The van der Waals surface area contributed by atoms with E-state index in [2.05, 4.69) is 77.4 Å². The molecule has 0 unspecified atom stereocenters. The highest BCUT2D eigenvalue weighted by Gasteiger charge is 2.21. The molecule has 0 aliphatic carbocycles. The van der Waals surface area contributed by atoms with Crippen LogP contribution in [0.5, 0.6) is 5.75 Å². The lowest BCUT2D eigenvalue weighted by molar-refractivity contribution is 0.415. The van der Waals surface area contributed by atoms with E-state index in [9.17, 15) is 5.26 Å². The zero-order chi connectivity index (χ0) is 28.7. The lowest BCUT2D eigenvalue weighted by Gasteiger charge is -2.16. The average molecular weight is 555 g/mol. The molecule has 0 amide bonds. The highest BCUT2D eigenvalue weighted by molar-refractivity contribution is 6.19. The van der Waals surface area contributed by atoms with Gasteiger partial charge in [-0.25, -0.2) is 0 Å². The van der Waals surface area contributed by atoms with Crippen molar-refractivity contribution >= 4 is 65.7 Å². The summed E-state index contributed by atoms with van der Waals surface area (Å²) in [6, 6.07) is 41.4. The molecule has 0 N–H and O–H groups in total. The third-order valence-electron chi connectivity index (χ3n) is 8.55. The molecule has 202 valence electrons. The van der Waals surface area contributed by atoms with Crippen molar-refractivity contribution in [1.82, 2.24) is 4.57 Å². The number of nitrogens with zero attached hydrogens (tertiary/aromatic N) is 2. The van der Waals surface area contributed by atoms with E-state index >= 15 is 0 Å². The van der Waals surface area contributed by atoms with Crippen LogP contribution in [0, 0.1) is 11.3 Å². The Morgan fingerprint density at radius 2 is 1.23 bits per heavy atom. The summed E-state index contributed by atoms with van der Waals surface area (Å²) in [4.78, 5) is 0. The predicted molar refractivity (Wildman–Crippen MR) is 172 cm³/mol. The first-order valence-electron chi connectivity index (χ1n) is 14.1. The van der Waals surface area contributed by atoms with Crippen molar-refractivity contribution in [3.05, 3.63) is 121 Å². The molecular formula is C38H22N2O3. The number of aromatic nitrogens is 1. The minimum Gasteiger partial charge on any atom is -0.497 e. The Hall–Kier alpha value is -5.99. The second-order valence-electron chi connectivity index (χ2n) is 10.8. The van der Waals surface area contributed by atoms with E-state index in [0.717, 1.165) is 82.7 Å². The molecule has 0 saturated heterocycles. The summed E-state index contributed by atoms with van der Waals surface area (Å²) in [6.45, 7) is 0. The Balaban J connectivity index is 1.32. The van der Waals surface area contributed by atoms with Crippen molar-refractivity contribution in [3.8, 4) is 28.6 Å². The van der Waals surface area contributed by atoms with Gasteiger partial charge in [0.2, 0.25) is 0 Å². The fraction of sp³-hybridized carbons (Fsp3) is 0.0263. The minimum absolute atomic E-state index is 0.612. The van der Waals surface area contributed by atoms with Gasteiger partial charge < -0.3 is 18.1 Å². The van der Waals surface area contributed by atoms with Gasteiger partial charge in [0.25, 0.3) is 0 Å². The normalized spacial score (nSPS) is 11.8. The molecular weight excluding hydrogens is 532 g/mol. The van der Waals surface area contributed by atoms with Gasteiger partial charge in [-0.3, -0.25) is 0 Å². The number of ether oxygens (including phenoxy) is 1. The van der Waals surface area contributed by atoms with Crippen LogP contribution in [0.3, 0.4) is 0 Å². The number of rotatable bonds is 3. The highest BCUT2D eigenvalue weighted by atomic mass is 16.5. The van der Waals surface area contributed by atoms with Crippen LogP contribution in [0.2, 0.25) is 0 Å². The van der Waals surface area contributed by atoms with Crippen molar-refractivity contribution in [2.24, 2.45) is 0 Å². The van der Waals surface area contributed by atoms with Crippen LogP contribution < -0.4 is 4.74 Å². The predicted octanol–water partition coefficient (Wildman–Crippen LogP) is 10.1. The Labute approximate surface area is 245 Å². The van der Waals surface area contributed by atoms with Crippen LogP contribution in [-0.4, -0.2) is 11.7 Å². The SMILES string of the molecule is COc1ccc2oc3c(ccc4c5cc(-c6cccc(C#N)c6-n6c7ccccc7c7ccccc76)ccc5oc43)c2c1. The summed E-state index contributed by atoms with van der Waals surface area (Å²) >= 11 is 0. The van der Waals surface area contributed by atoms with Gasteiger partial charge in [-0.15, -0.1) is 0 Å². The van der Waals surface area contributed by atoms with Gasteiger partial charge in [0, 0.05) is 37.9 Å². The van der Waals surface area contributed by atoms with E-state index in [1.54, 1.807) is 7.11 Å². The second-order valence-corrected chi connectivity index (χ2v) is 10.8. The van der Waals surface area contributed by atoms with Gasteiger partial charge in [0.15, 0.2) is 11.2 Å². The molecule has 3 aromatic heterocycles. The molecule has 0 aliphatic heterocycles. The molecule has 43 heavy (non-hydrogen) atoms. The molecule has 0 radical (unpaired) electrons. The zero-order valence-corrected chi connectivity index (χ0v) is 23.1. The van der Waals surface area contributed by atoms with E-state index < -0.39 is 0 Å². The first kappa shape index (κ1) is 23.7. The molecule has 0 atom stereocenters. The van der Waals surface area contributed by atoms with Crippen LogP contribution in [0.4, 0.5) is 0 Å². The van der Waals surface area contributed by atoms with Gasteiger partial charge in [-0.2, -0.15) is 5.26 Å². The fourth-order valence-corrected chi connectivity index (χ4v) is 6.61. The van der Waals surface area contributed by atoms with Crippen LogP contribution >= 0.6 is 0 Å². The molecule has 0 saturated carbocycles. The molecule has 5 nitrogen and oxygen atoms in total. The van der Waals surface area contributed by atoms with E-state index in [4.69, 9.17) is 13.6 Å². The smallest absolute Gasteiger partial charge is 0.178 e. The number of furan rings is 2. The third kappa shape index (κ3) is 3.26. The maximum atomic E-state index is 10.3. The molecule has 9 rings (SSSR count). The molecule has 0 bridgehead atoms. The van der Waals surface area contributed by atoms with Gasteiger partial charge in [0.05, 0.1) is 29.4 Å². The maximum Gasteiger partial charge on any atom is 0.178 e. The van der Waals surface area contributed by atoms with Crippen LogP contribution in [-0.2, 0) is 0 Å². The molecule has 9 aromatic rings. The Kier molecular flexibility index (Phi) is 4.82. The largest absolute Gasteiger partial charge is 0.497 e. The van der Waals surface area contributed by atoms with E-state index in [1.807, 2.05) is 48.5 Å². The third-order valence-corrected chi connectivity index (χ3v) is 8.55. The first-order valence-corrected chi connectivity index (χ1v) is 14.1. The zero-order valence-electron chi connectivity index (χ0n) is 23.1. The summed E-state index contributed by atoms with van der Waals surface area (Å²) in [6.07, 6.45) is 0. The second kappa shape index (κ2) is 8.75. The van der Waals surface area contributed by atoms with Crippen molar-refractivity contribution in [3.63, 3.8) is 0 Å². The van der Waals surface area contributed by atoms with Crippen LogP contribution in [0.15, 0.2) is 124 Å². The Morgan fingerprint density at radius 1 is 0.605 bits per heavy atom. The molecule has 0 fully saturated rings. The van der Waals surface area contributed by atoms with Crippen LogP contribution in [0.1, 0.15) is 5.56 Å². The number of nitriles is 1.